The lowest BCUT2D eigenvalue weighted by Gasteiger charge is -2.15. The second-order valence-electron chi connectivity index (χ2n) is 11.1. The Morgan fingerprint density at radius 1 is 0.577 bits per heavy atom. The number of anilines is 2. The number of carbonyl (C=O) groups is 2. The third kappa shape index (κ3) is 9.58. The minimum absolute atomic E-state index is 0.171. The predicted molar refractivity (Wildman–Crippen MR) is 191 cm³/mol. The normalized spacial score (nSPS) is 13.1. The van der Waals surface area contributed by atoms with Gasteiger partial charge < -0.3 is 20.8 Å². The molecule has 4 aromatic rings. The summed E-state index contributed by atoms with van der Waals surface area (Å²) in [6.07, 6.45) is 0. The molecule has 4 rings (SSSR count). The van der Waals surface area contributed by atoms with Gasteiger partial charge in [0, 0.05) is 22.5 Å². The van der Waals surface area contributed by atoms with Crippen molar-refractivity contribution in [3.8, 4) is 11.1 Å². The fourth-order valence-electron chi connectivity index (χ4n) is 4.61. The maximum absolute atomic E-state index is 12.8. The van der Waals surface area contributed by atoms with E-state index in [1.165, 1.54) is 27.7 Å². The van der Waals surface area contributed by atoms with Crippen LogP contribution in [0.5, 0.6) is 0 Å². The summed E-state index contributed by atoms with van der Waals surface area (Å²) >= 11 is 0. The van der Waals surface area contributed by atoms with Crippen molar-refractivity contribution >= 4 is 54.8 Å². The van der Waals surface area contributed by atoms with Crippen LogP contribution in [0.15, 0.2) is 138 Å². The van der Waals surface area contributed by atoms with Crippen molar-refractivity contribution in [2.24, 2.45) is 20.5 Å². The molecule has 0 saturated carbocycles. The van der Waals surface area contributed by atoms with Gasteiger partial charge in [-0.25, -0.2) is 0 Å². The summed E-state index contributed by atoms with van der Waals surface area (Å²) in [5.41, 5.74) is -1.02. The van der Waals surface area contributed by atoms with Crippen molar-refractivity contribution in [3.63, 3.8) is 0 Å². The van der Waals surface area contributed by atoms with Gasteiger partial charge in [-0.15, -0.1) is 20.5 Å². The van der Waals surface area contributed by atoms with Gasteiger partial charge in [-0.3, -0.25) is 18.7 Å². The van der Waals surface area contributed by atoms with Crippen LogP contribution in [-0.2, 0) is 29.8 Å². The summed E-state index contributed by atoms with van der Waals surface area (Å²) in [5.74, 6) is -2.70. The van der Waals surface area contributed by atoms with Crippen LogP contribution in [0.4, 0.5) is 22.7 Å². The van der Waals surface area contributed by atoms with Gasteiger partial charge in [0.1, 0.15) is 21.3 Å². The second kappa shape index (κ2) is 15.9. The monoisotopic (exact) mass is 748 g/mol. The maximum atomic E-state index is 12.8. The molecule has 0 aliphatic rings. The van der Waals surface area contributed by atoms with Crippen LogP contribution in [0, 0.1) is 13.8 Å². The molecular weight excluding hydrogens is 717 g/mol. The fourth-order valence-corrected chi connectivity index (χ4v) is 6.03. The van der Waals surface area contributed by atoms with Gasteiger partial charge in [0.05, 0.1) is 11.4 Å². The van der Waals surface area contributed by atoms with E-state index in [1.54, 1.807) is 60.7 Å². The van der Waals surface area contributed by atoms with Crippen LogP contribution in [0.3, 0.4) is 0 Å². The lowest BCUT2D eigenvalue weighted by atomic mass is 9.99. The van der Waals surface area contributed by atoms with Crippen molar-refractivity contribution in [3.05, 3.63) is 119 Å². The van der Waals surface area contributed by atoms with E-state index < -0.39 is 64.8 Å². The number of hydrogen-bond acceptors (Lipinski definition) is 12. The molecule has 16 nitrogen and oxygen atoms in total. The zero-order valence-corrected chi connectivity index (χ0v) is 29.6. The van der Waals surface area contributed by atoms with Gasteiger partial charge >= 0.3 is 0 Å². The van der Waals surface area contributed by atoms with Crippen LogP contribution in [0.1, 0.15) is 25.0 Å². The number of benzene rings is 4. The number of allylic oxidation sites excluding steroid dienone is 2. The molecule has 0 heterocycles. The summed E-state index contributed by atoms with van der Waals surface area (Å²) in [6.45, 7) is 5.25. The van der Waals surface area contributed by atoms with Gasteiger partial charge in [-0.2, -0.15) is 16.8 Å². The Kier molecular flexibility index (Phi) is 11.8. The van der Waals surface area contributed by atoms with E-state index in [9.17, 15) is 45.7 Å². The van der Waals surface area contributed by atoms with Gasteiger partial charge in [0.15, 0.2) is 11.4 Å². The number of amides is 2. The second-order valence-corrected chi connectivity index (χ2v) is 13.9. The number of nitrogens with zero attached hydrogens (tertiary/aromatic N) is 4. The maximum Gasteiger partial charge on any atom is 0.295 e. The van der Waals surface area contributed by atoms with E-state index in [-0.39, 0.29) is 33.6 Å². The number of rotatable bonds is 11. The molecule has 0 atom stereocenters. The zero-order chi connectivity index (χ0) is 38.4. The summed E-state index contributed by atoms with van der Waals surface area (Å²) in [4.78, 5) is 23.9. The van der Waals surface area contributed by atoms with E-state index in [2.05, 4.69) is 31.1 Å². The predicted octanol–water partition coefficient (Wildman–Crippen LogP) is 7.49. The Hall–Kier alpha value is -6.08. The highest BCUT2D eigenvalue weighted by atomic mass is 32.2. The van der Waals surface area contributed by atoms with Crippen LogP contribution in [0.2, 0.25) is 0 Å². The van der Waals surface area contributed by atoms with E-state index in [0.29, 0.717) is 11.4 Å². The summed E-state index contributed by atoms with van der Waals surface area (Å²) < 4.78 is 71.0. The molecule has 0 spiro atoms. The number of carbonyl (C=O) groups excluding carboxylic acids is 2. The van der Waals surface area contributed by atoms with Crippen LogP contribution in [-0.4, -0.2) is 48.0 Å². The fraction of sp³-hybridized carbons (Fsp3) is 0.118. The number of aliphatic hydroxyl groups is 2. The number of nitrogens with one attached hydrogen (secondary N) is 2. The number of aryl methyl sites for hydroxylation is 2. The Balaban J connectivity index is 1.79. The average Bonchev–Trinajstić information content (AvgIpc) is 3.05. The molecule has 0 unspecified atom stereocenters. The van der Waals surface area contributed by atoms with Crippen molar-refractivity contribution in [1.29, 1.82) is 0 Å². The molecule has 0 aliphatic carbocycles. The minimum atomic E-state index is -5.12. The highest BCUT2D eigenvalue weighted by Crippen LogP contribution is 2.40. The third-order valence-corrected chi connectivity index (χ3v) is 8.92. The molecule has 0 fully saturated rings. The summed E-state index contributed by atoms with van der Waals surface area (Å²) in [7, 11) is -10.2. The topological polar surface area (TPSA) is 257 Å². The smallest absolute Gasteiger partial charge is 0.295 e. The molecule has 2 amide bonds. The molecule has 270 valence electrons. The molecule has 18 heteroatoms. The Morgan fingerprint density at radius 2 is 0.904 bits per heavy atom. The Bertz CT molecular complexity index is 2220. The van der Waals surface area contributed by atoms with E-state index in [4.69, 9.17) is 0 Å². The quantitative estimate of drug-likeness (QED) is 0.0381. The average molecular weight is 749 g/mol. The van der Waals surface area contributed by atoms with Crippen molar-refractivity contribution < 1.29 is 45.7 Å². The van der Waals surface area contributed by atoms with Crippen molar-refractivity contribution in [2.45, 2.75) is 37.5 Å². The summed E-state index contributed by atoms with van der Waals surface area (Å²) in [5, 5.41) is 40.7. The number of para-hydroxylation sites is 2. The molecular formula is C34H32N6O10S2. The standard InChI is InChI=1S/C34H32N6O10S2/c1-19-15-25(29(51(45,46)47)17-27(19)37-39-31(21(3)41)33(43)35-23-11-7-5-8-12-23)26-16-20(2)28(18-30(26)52(48,49)50)38-40-32(22(4)42)34(44)36-24-13-9-6-10-14-24/h5-18,41-42H,1-4H3,(H,35,43)(H,36,44)(H,45,46,47)(H,48,49,50)/b31-21-,32-22+,39-37?,40-38?. The first-order valence-electron chi connectivity index (χ1n) is 15.0. The number of aliphatic hydroxyl groups excluding tert-OH is 2. The Morgan fingerprint density at radius 3 is 1.19 bits per heavy atom. The van der Waals surface area contributed by atoms with Crippen molar-refractivity contribution in [2.75, 3.05) is 10.6 Å². The lowest BCUT2D eigenvalue weighted by molar-refractivity contribution is -0.113. The molecule has 0 aliphatic heterocycles. The van der Waals surface area contributed by atoms with E-state index >= 15 is 0 Å². The first-order valence-corrected chi connectivity index (χ1v) is 17.9. The first kappa shape index (κ1) is 38.7. The molecule has 6 N–H and O–H groups in total. The van der Waals surface area contributed by atoms with E-state index in [1.807, 2.05) is 0 Å². The van der Waals surface area contributed by atoms with Gasteiger partial charge in [0.2, 0.25) is 0 Å². The number of azo groups is 2. The third-order valence-electron chi connectivity index (χ3n) is 7.14. The highest BCUT2D eigenvalue weighted by molar-refractivity contribution is 7.86. The van der Waals surface area contributed by atoms with Crippen LogP contribution in [0.25, 0.3) is 11.1 Å². The van der Waals surface area contributed by atoms with Gasteiger partial charge in [-0.1, -0.05) is 36.4 Å². The summed E-state index contributed by atoms with van der Waals surface area (Å²) in [6, 6.07) is 20.5. The molecule has 52 heavy (non-hydrogen) atoms. The Labute approximate surface area is 298 Å². The lowest BCUT2D eigenvalue weighted by Crippen LogP contribution is -2.14. The molecule has 4 aromatic carbocycles. The molecule has 0 saturated heterocycles. The molecule has 0 radical (unpaired) electrons. The van der Waals surface area contributed by atoms with Crippen LogP contribution < -0.4 is 10.6 Å². The molecule has 0 bridgehead atoms. The largest absolute Gasteiger partial charge is 0.510 e. The van der Waals surface area contributed by atoms with E-state index in [0.717, 1.165) is 24.3 Å². The van der Waals surface area contributed by atoms with Gasteiger partial charge in [0.25, 0.3) is 32.1 Å². The van der Waals surface area contributed by atoms with Crippen molar-refractivity contribution in [1.82, 2.24) is 0 Å². The SMILES string of the molecule is C/C(O)=C(/N=Nc1cc(S(=O)(=O)O)c(-c2cc(C)c(N=N/C(C(=O)Nc3ccccc3)=C(\C)O)cc2S(=O)(=O)O)cc1C)C(=O)Nc1ccccc1. The van der Waals surface area contributed by atoms with Gasteiger partial charge in [-0.05, 0) is 87.4 Å². The first-order chi connectivity index (χ1) is 24.4. The molecule has 0 aromatic heterocycles. The zero-order valence-electron chi connectivity index (χ0n) is 27.9. The minimum Gasteiger partial charge on any atom is -0.510 e. The van der Waals surface area contributed by atoms with Crippen LogP contribution >= 0.6 is 0 Å². The number of hydrogen-bond donors (Lipinski definition) is 6. The highest BCUT2D eigenvalue weighted by Gasteiger charge is 2.26.